The van der Waals surface area contributed by atoms with Crippen molar-refractivity contribution in [1.29, 1.82) is 0 Å². The van der Waals surface area contributed by atoms with Gasteiger partial charge in [-0.1, -0.05) is 0 Å². The Morgan fingerprint density at radius 1 is 1.43 bits per heavy atom. The van der Waals surface area contributed by atoms with Gasteiger partial charge in [0, 0.05) is 18.6 Å². The molecule has 7 nitrogen and oxygen atoms in total. The van der Waals surface area contributed by atoms with Crippen LogP contribution in [0.15, 0.2) is 23.4 Å². The predicted octanol–water partition coefficient (Wildman–Crippen LogP) is -0.322. The topological polar surface area (TPSA) is 106 Å². The summed E-state index contributed by atoms with van der Waals surface area (Å²) in [5, 5.41) is 2.46. The second kappa shape index (κ2) is 3.21. The maximum atomic E-state index is 11.4. The van der Waals surface area contributed by atoms with Crippen molar-refractivity contribution in [1.82, 2.24) is 19.9 Å². The summed E-state index contributed by atoms with van der Waals surface area (Å²) in [4.78, 5) is 33.2. The molecule has 0 aliphatic heterocycles. The molecule has 2 aromatic rings. The standard InChI is InChI=1S/C7H7N5O2/c13-5(4-3-10-7(14)11-4)12-6-8-1-2-9-6/h1-3H,(H2,10,11,14)(H2,8,9,12,13). The van der Waals surface area contributed by atoms with Crippen molar-refractivity contribution in [3.8, 4) is 0 Å². The summed E-state index contributed by atoms with van der Waals surface area (Å²) in [5.74, 6) is -0.102. The van der Waals surface area contributed by atoms with Crippen molar-refractivity contribution in [3.05, 3.63) is 34.8 Å². The van der Waals surface area contributed by atoms with Gasteiger partial charge >= 0.3 is 5.69 Å². The summed E-state index contributed by atoms with van der Waals surface area (Å²) in [6.45, 7) is 0. The SMILES string of the molecule is O=C(Nc1ncc[nH]1)c1c[nH]c(=O)[nH]1. The number of aromatic amines is 3. The molecule has 14 heavy (non-hydrogen) atoms. The first-order valence-electron chi connectivity index (χ1n) is 3.84. The Kier molecular flexibility index (Phi) is 1.90. The van der Waals surface area contributed by atoms with Gasteiger partial charge in [0.1, 0.15) is 5.69 Å². The molecule has 0 atom stereocenters. The van der Waals surface area contributed by atoms with Gasteiger partial charge in [-0.2, -0.15) is 0 Å². The van der Waals surface area contributed by atoms with Crippen LogP contribution in [0.4, 0.5) is 5.95 Å². The van der Waals surface area contributed by atoms with Crippen molar-refractivity contribution in [2.75, 3.05) is 5.32 Å². The number of rotatable bonds is 2. The molecule has 2 heterocycles. The summed E-state index contributed by atoms with van der Waals surface area (Å²) in [5.41, 5.74) is -0.263. The molecule has 2 rings (SSSR count). The van der Waals surface area contributed by atoms with E-state index in [9.17, 15) is 9.59 Å². The van der Waals surface area contributed by atoms with E-state index in [0.717, 1.165) is 0 Å². The van der Waals surface area contributed by atoms with E-state index in [0.29, 0.717) is 5.95 Å². The number of nitrogens with one attached hydrogen (secondary N) is 4. The molecule has 0 saturated heterocycles. The zero-order chi connectivity index (χ0) is 9.97. The smallest absolute Gasteiger partial charge is 0.323 e. The van der Waals surface area contributed by atoms with Gasteiger partial charge < -0.3 is 15.0 Å². The van der Waals surface area contributed by atoms with Gasteiger partial charge in [0.05, 0.1) is 0 Å². The van der Waals surface area contributed by atoms with E-state index in [2.05, 4.69) is 25.3 Å². The molecule has 0 bridgehead atoms. The molecule has 0 saturated carbocycles. The van der Waals surface area contributed by atoms with Gasteiger partial charge in [0.15, 0.2) is 0 Å². The molecule has 1 amide bonds. The fourth-order valence-electron chi connectivity index (χ4n) is 0.963. The lowest BCUT2D eigenvalue weighted by atomic mass is 10.4. The molecule has 0 aromatic carbocycles. The Labute approximate surface area is 77.6 Å². The first kappa shape index (κ1) is 8.30. The third-order valence-electron chi connectivity index (χ3n) is 1.57. The normalized spacial score (nSPS) is 10.0. The highest BCUT2D eigenvalue weighted by Gasteiger charge is 2.08. The Balaban J connectivity index is 2.14. The molecule has 2 aromatic heterocycles. The molecule has 4 N–H and O–H groups in total. The van der Waals surface area contributed by atoms with Gasteiger partial charge in [0.2, 0.25) is 5.95 Å². The Morgan fingerprint density at radius 3 is 2.86 bits per heavy atom. The predicted molar refractivity (Wildman–Crippen MR) is 48.0 cm³/mol. The molecule has 0 aliphatic carbocycles. The number of aromatic nitrogens is 4. The highest BCUT2D eigenvalue weighted by Crippen LogP contribution is 1.98. The zero-order valence-electron chi connectivity index (χ0n) is 7.00. The van der Waals surface area contributed by atoms with Gasteiger partial charge in [-0.05, 0) is 0 Å². The van der Waals surface area contributed by atoms with Crippen molar-refractivity contribution in [2.45, 2.75) is 0 Å². The number of amides is 1. The van der Waals surface area contributed by atoms with Crippen LogP contribution >= 0.6 is 0 Å². The summed E-state index contributed by atoms with van der Waals surface area (Å²) in [6.07, 6.45) is 4.38. The Bertz CT molecular complexity index is 480. The van der Waals surface area contributed by atoms with Crippen LogP contribution in [-0.2, 0) is 0 Å². The van der Waals surface area contributed by atoms with Crippen LogP contribution in [0.5, 0.6) is 0 Å². The van der Waals surface area contributed by atoms with Crippen LogP contribution < -0.4 is 11.0 Å². The van der Waals surface area contributed by atoms with Crippen LogP contribution in [0.3, 0.4) is 0 Å². The van der Waals surface area contributed by atoms with E-state index in [4.69, 9.17) is 0 Å². The minimum absolute atomic E-state index is 0.159. The zero-order valence-corrected chi connectivity index (χ0v) is 7.00. The van der Waals surface area contributed by atoms with E-state index >= 15 is 0 Å². The van der Waals surface area contributed by atoms with Crippen molar-refractivity contribution < 1.29 is 4.79 Å². The van der Waals surface area contributed by atoms with Crippen LogP contribution in [0.2, 0.25) is 0 Å². The third-order valence-corrected chi connectivity index (χ3v) is 1.57. The van der Waals surface area contributed by atoms with Crippen molar-refractivity contribution in [2.24, 2.45) is 0 Å². The molecular formula is C7H7N5O2. The molecular weight excluding hydrogens is 186 g/mol. The lowest BCUT2D eigenvalue weighted by Gasteiger charge is -1.96. The molecule has 0 spiro atoms. The lowest BCUT2D eigenvalue weighted by Crippen LogP contribution is -2.14. The highest BCUT2D eigenvalue weighted by atomic mass is 16.2. The molecule has 72 valence electrons. The van der Waals surface area contributed by atoms with Gasteiger partial charge in [-0.15, -0.1) is 0 Å². The van der Waals surface area contributed by atoms with E-state index in [1.165, 1.54) is 12.4 Å². The second-order valence-electron chi connectivity index (χ2n) is 2.55. The summed E-state index contributed by atoms with van der Waals surface area (Å²) in [6, 6.07) is 0. The molecule has 0 fully saturated rings. The van der Waals surface area contributed by atoms with E-state index in [1.54, 1.807) is 6.20 Å². The van der Waals surface area contributed by atoms with Crippen molar-refractivity contribution in [3.63, 3.8) is 0 Å². The molecule has 0 unspecified atom stereocenters. The number of hydrogen-bond donors (Lipinski definition) is 4. The fourth-order valence-corrected chi connectivity index (χ4v) is 0.963. The maximum Gasteiger partial charge on any atom is 0.323 e. The summed E-state index contributed by atoms with van der Waals surface area (Å²) < 4.78 is 0. The van der Waals surface area contributed by atoms with Crippen molar-refractivity contribution >= 4 is 11.9 Å². The molecule has 7 heteroatoms. The van der Waals surface area contributed by atoms with Gasteiger partial charge in [0.25, 0.3) is 5.91 Å². The minimum atomic E-state index is -0.432. The van der Waals surface area contributed by atoms with Crippen LogP contribution in [0.25, 0.3) is 0 Å². The maximum absolute atomic E-state index is 11.4. The van der Waals surface area contributed by atoms with Crippen LogP contribution in [0, 0.1) is 0 Å². The third kappa shape index (κ3) is 1.56. The molecule has 0 aliphatic rings. The van der Waals surface area contributed by atoms with E-state index < -0.39 is 11.6 Å². The fraction of sp³-hybridized carbons (Fsp3) is 0. The number of imidazole rings is 2. The number of anilines is 1. The monoisotopic (exact) mass is 193 g/mol. The first-order chi connectivity index (χ1) is 6.75. The van der Waals surface area contributed by atoms with Gasteiger partial charge in [-0.3, -0.25) is 10.1 Å². The van der Waals surface area contributed by atoms with E-state index in [1.807, 2.05) is 0 Å². The average Bonchev–Trinajstić information content (AvgIpc) is 2.75. The number of carbonyl (C=O) groups is 1. The van der Waals surface area contributed by atoms with Crippen LogP contribution in [0.1, 0.15) is 10.5 Å². The highest BCUT2D eigenvalue weighted by molar-refractivity contribution is 6.01. The summed E-state index contributed by atoms with van der Waals surface area (Å²) in [7, 11) is 0. The number of H-pyrrole nitrogens is 3. The number of nitrogens with zero attached hydrogens (tertiary/aromatic N) is 1. The Morgan fingerprint density at radius 2 is 2.29 bits per heavy atom. The van der Waals surface area contributed by atoms with Crippen LogP contribution in [-0.4, -0.2) is 25.8 Å². The van der Waals surface area contributed by atoms with E-state index in [-0.39, 0.29) is 5.69 Å². The second-order valence-corrected chi connectivity index (χ2v) is 2.55. The largest absolute Gasteiger partial charge is 0.331 e. The number of hydrogen-bond acceptors (Lipinski definition) is 3. The molecule has 0 radical (unpaired) electrons. The van der Waals surface area contributed by atoms with Gasteiger partial charge in [-0.25, -0.2) is 9.78 Å². The minimum Gasteiger partial charge on any atom is -0.331 e. The summed E-state index contributed by atoms with van der Waals surface area (Å²) >= 11 is 0. The quantitative estimate of drug-likeness (QED) is 0.525. The Hall–Kier alpha value is -2.31. The number of carbonyl (C=O) groups excluding carboxylic acids is 1. The average molecular weight is 193 g/mol. The lowest BCUT2D eigenvalue weighted by molar-refractivity contribution is 0.102. The first-order valence-corrected chi connectivity index (χ1v) is 3.84.